The molecule has 1 N–H and O–H groups in total. The van der Waals surface area contributed by atoms with E-state index in [1.165, 1.54) is 21.6 Å². The van der Waals surface area contributed by atoms with Gasteiger partial charge in [0.2, 0.25) is 0 Å². The predicted molar refractivity (Wildman–Crippen MR) is 126 cm³/mol. The van der Waals surface area contributed by atoms with Crippen LogP contribution in [0.15, 0.2) is 51.6 Å². The van der Waals surface area contributed by atoms with Crippen LogP contribution < -0.4 is 10.2 Å². The monoisotopic (exact) mass is 435 g/mol. The Kier molecular flexibility index (Phi) is 6.05. The Morgan fingerprint density at radius 1 is 1.10 bits per heavy atom. The van der Waals surface area contributed by atoms with E-state index >= 15 is 0 Å². The number of hydrogen-bond donors (Lipinski definition) is 1. The van der Waals surface area contributed by atoms with E-state index in [2.05, 4.69) is 47.3 Å². The summed E-state index contributed by atoms with van der Waals surface area (Å²) in [7, 11) is -1.27. The van der Waals surface area contributed by atoms with E-state index in [4.69, 9.17) is 6.57 Å². The van der Waals surface area contributed by atoms with E-state index in [-0.39, 0.29) is 0 Å². The van der Waals surface area contributed by atoms with Crippen LogP contribution in [0.5, 0.6) is 0 Å². The molecule has 0 aliphatic carbocycles. The molecule has 30 heavy (non-hydrogen) atoms. The van der Waals surface area contributed by atoms with Gasteiger partial charge in [0, 0.05) is 18.0 Å². The summed E-state index contributed by atoms with van der Waals surface area (Å²) in [5, 5.41) is 5.69. The van der Waals surface area contributed by atoms with Crippen LogP contribution in [0.1, 0.15) is 28.0 Å². The van der Waals surface area contributed by atoms with Crippen LogP contribution in [0.25, 0.3) is 4.85 Å². The quantitative estimate of drug-likeness (QED) is 0.380. The number of benzene rings is 2. The third kappa shape index (κ3) is 3.81. The molecule has 0 bridgehead atoms. The second kappa shape index (κ2) is 8.73. The molecule has 3 aromatic rings. The SMILES string of the molecule is [C-]#[N+]c1ccc2c(c1)S(=O)c1ccc(C)c(C)c1N2CCCNCc1sccc1C. The zero-order valence-corrected chi connectivity index (χ0v) is 19.1. The van der Waals surface area contributed by atoms with E-state index in [1.54, 1.807) is 17.4 Å². The van der Waals surface area contributed by atoms with Gasteiger partial charge in [-0.3, -0.25) is 0 Å². The molecule has 2 heterocycles. The molecule has 0 radical (unpaired) electrons. The first kappa shape index (κ1) is 20.8. The van der Waals surface area contributed by atoms with Crippen LogP contribution in [-0.2, 0) is 17.3 Å². The first-order valence-electron chi connectivity index (χ1n) is 10.1. The second-order valence-electron chi connectivity index (χ2n) is 7.60. The van der Waals surface area contributed by atoms with Crippen LogP contribution in [0.2, 0.25) is 0 Å². The Labute approximate surface area is 184 Å². The van der Waals surface area contributed by atoms with E-state index in [1.807, 2.05) is 24.3 Å². The summed E-state index contributed by atoms with van der Waals surface area (Å²) in [5.74, 6) is 0. The Morgan fingerprint density at radius 2 is 1.93 bits per heavy atom. The molecule has 0 spiro atoms. The largest absolute Gasteiger partial charge is 0.339 e. The Bertz CT molecular complexity index is 1160. The molecular weight excluding hydrogens is 410 g/mol. The lowest BCUT2D eigenvalue weighted by Crippen LogP contribution is -2.28. The van der Waals surface area contributed by atoms with Gasteiger partial charge in [-0.15, -0.1) is 11.3 Å². The van der Waals surface area contributed by atoms with Crippen molar-refractivity contribution in [2.24, 2.45) is 0 Å². The molecular formula is C24H25N3OS2. The van der Waals surface area contributed by atoms with Crippen molar-refractivity contribution in [1.29, 1.82) is 0 Å². The molecule has 0 amide bonds. The molecule has 0 fully saturated rings. The fourth-order valence-corrected chi connectivity index (χ4v) is 6.16. The molecule has 1 atom stereocenters. The van der Waals surface area contributed by atoms with Crippen LogP contribution in [0, 0.1) is 27.3 Å². The van der Waals surface area contributed by atoms with Crippen LogP contribution in [0.4, 0.5) is 17.1 Å². The van der Waals surface area contributed by atoms with Crippen molar-refractivity contribution < 1.29 is 4.21 Å². The minimum Gasteiger partial charge on any atom is -0.339 e. The van der Waals surface area contributed by atoms with Crippen molar-refractivity contribution in [2.75, 3.05) is 18.0 Å². The molecule has 0 saturated carbocycles. The number of nitrogens with zero attached hydrogens (tertiary/aromatic N) is 2. The minimum atomic E-state index is -1.27. The summed E-state index contributed by atoms with van der Waals surface area (Å²) in [5.41, 5.74) is 6.26. The maximum absolute atomic E-state index is 13.3. The molecule has 154 valence electrons. The zero-order valence-electron chi connectivity index (χ0n) is 17.5. The lowest BCUT2D eigenvalue weighted by atomic mass is 10.1. The molecule has 1 unspecified atom stereocenters. The average Bonchev–Trinajstić information content (AvgIpc) is 3.16. The molecule has 1 aliphatic heterocycles. The van der Waals surface area contributed by atoms with E-state index in [9.17, 15) is 4.21 Å². The Balaban J connectivity index is 1.58. The van der Waals surface area contributed by atoms with Gasteiger partial charge < -0.3 is 10.2 Å². The first-order valence-corrected chi connectivity index (χ1v) is 12.1. The lowest BCUT2D eigenvalue weighted by molar-refractivity contribution is 0.650. The minimum absolute atomic E-state index is 0.530. The average molecular weight is 436 g/mol. The normalized spacial score (nSPS) is 14.9. The topological polar surface area (TPSA) is 36.7 Å². The summed E-state index contributed by atoms with van der Waals surface area (Å²) in [4.78, 5) is 8.79. The summed E-state index contributed by atoms with van der Waals surface area (Å²) in [6.45, 7) is 16.3. The smallest absolute Gasteiger partial charge is 0.188 e. The summed E-state index contributed by atoms with van der Waals surface area (Å²) >= 11 is 1.79. The predicted octanol–water partition coefficient (Wildman–Crippen LogP) is 6.02. The van der Waals surface area contributed by atoms with E-state index in [0.29, 0.717) is 5.69 Å². The van der Waals surface area contributed by atoms with Gasteiger partial charge in [-0.25, -0.2) is 9.05 Å². The number of aryl methyl sites for hydroxylation is 2. The zero-order chi connectivity index (χ0) is 21.3. The molecule has 6 heteroatoms. The Hall–Kier alpha value is -2.46. The summed E-state index contributed by atoms with van der Waals surface area (Å²) < 4.78 is 13.3. The van der Waals surface area contributed by atoms with Gasteiger partial charge in [0.1, 0.15) is 0 Å². The van der Waals surface area contributed by atoms with Crippen LogP contribution >= 0.6 is 11.3 Å². The van der Waals surface area contributed by atoms with Gasteiger partial charge in [0.15, 0.2) is 5.69 Å². The highest BCUT2D eigenvalue weighted by atomic mass is 32.2. The van der Waals surface area contributed by atoms with Crippen molar-refractivity contribution in [1.82, 2.24) is 5.32 Å². The van der Waals surface area contributed by atoms with Gasteiger partial charge in [0.05, 0.1) is 38.5 Å². The molecule has 1 aliphatic rings. The highest BCUT2D eigenvalue weighted by molar-refractivity contribution is 7.85. The molecule has 4 rings (SSSR count). The van der Waals surface area contributed by atoms with Gasteiger partial charge in [-0.2, -0.15) is 0 Å². The third-order valence-corrected chi connectivity index (χ3v) is 8.16. The first-order chi connectivity index (χ1) is 14.5. The molecule has 2 aromatic carbocycles. The number of hydrogen-bond acceptors (Lipinski definition) is 4. The van der Waals surface area contributed by atoms with Crippen molar-refractivity contribution in [3.8, 4) is 0 Å². The molecule has 1 aromatic heterocycles. The third-order valence-electron chi connectivity index (χ3n) is 5.69. The molecule has 4 nitrogen and oxygen atoms in total. The fourth-order valence-electron chi connectivity index (χ4n) is 3.83. The van der Waals surface area contributed by atoms with Crippen LogP contribution in [0.3, 0.4) is 0 Å². The van der Waals surface area contributed by atoms with E-state index in [0.717, 1.165) is 47.2 Å². The van der Waals surface area contributed by atoms with Gasteiger partial charge in [-0.05, 0) is 80.1 Å². The van der Waals surface area contributed by atoms with Gasteiger partial charge in [-0.1, -0.05) is 12.1 Å². The van der Waals surface area contributed by atoms with Crippen molar-refractivity contribution >= 4 is 39.2 Å². The van der Waals surface area contributed by atoms with Crippen molar-refractivity contribution in [3.63, 3.8) is 0 Å². The number of rotatable bonds is 6. The second-order valence-corrected chi connectivity index (χ2v) is 10.0. The summed E-state index contributed by atoms with van der Waals surface area (Å²) in [6, 6.07) is 11.7. The highest BCUT2D eigenvalue weighted by Gasteiger charge is 2.29. The maximum Gasteiger partial charge on any atom is 0.188 e. The van der Waals surface area contributed by atoms with Gasteiger partial charge in [0.25, 0.3) is 0 Å². The van der Waals surface area contributed by atoms with Crippen molar-refractivity contribution in [3.05, 3.63) is 74.8 Å². The number of fused-ring (bicyclic) bond motifs is 2. The number of thiophene rings is 1. The lowest BCUT2D eigenvalue weighted by Gasteiger charge is -2.34. The van der Waals surface area contributed by atoms with Crippen molar-refractivity contribution in [2.45, 2.75) is 43.5 Å². The van der Waals surface area contributed by atoms with Crippen LogP contribution in [-0.4, -0.2) is 17.3 Å². The standard InChI is InChI=1S/C24H25N3OS2/c1-16-6-9-22-24(18(16)3)27(12-5-11-26-15-21-17(2)10-13-29-21)20-8-7-19(25-4)14-23(20)30(22)28/h6-10,13-14,26H,5,11-12,15H2,1-3H3. The molecule has 0 saturated heterocycles. The number of anilines is 2. The number of nitrogens with one attached hydrogen (secondary N) is 1. The summed E-state index contributed by atoms with van der Waals surface area (Å²) in [6.07, 6.45) is 0.966. The Morgan fingerprint density at radius 3 is 2.67 bits per heavy atom. The van der Waals surface area contributed by atoms with E-state index < -0.39 is 10.8 Å². The maximum atomic E-state index is 13.3. The fraction of sp³-hybridized carbons (Fsp3) is 0.292. The van der Waals surface area contributed by atoms with Gasteiger partial charge >= 0.3 is 0 Å². The highest BCUT2D eigenvalue weighted by Crippen LogP contribution is 2.45.